The van der Waals surface area contributed by atoms with Crippen molar-refractivity contribution in [3.63, 3.8) is 0 Å². The van der Waals surface area contributed by atoms with E-state index >= 15 is 8.78 Å². The number of carboxylic acids is 1. The Bertz CT molecular complexity index is 2500. The maximum Gasteiger partial charge on any atom is 0.414 e. The number of carbonyl (C=O) groups is 3. The van der Waals surface area contributed by atoms with Crippen LogP contribution in [0, 0.1) is 17.0 Å². The highest BCUT2D eigenvalue weighted by atomic mass is 19.2. The summed E-state index contributed by atoms with van der Waals surface area (Å²) in [6, 6.07) is 2.26. The van der Waals surface area contributed by atoms with Crippen molar-refractivity contribution in [2.75, 3.05) is 29.9 Å². The van der Waals surface area contributed by atoms with Gasteiger partial charge in [-0.1, -0.05) is 0 Å². The lowest BCUT2D eigenvalue weighted by Gasteiger charge is -2.37. The number of aromatic amines is 1. The lowest BCUT2D eigenvalue weighted by Crippen LogP contribution is -2.42. The lowest BCUT2D eigenvalue weighted by molar-refractivity contribution is 0.0512. The van der Waals surface area contributed by atoms with Crippen molar-refractivity contribution in [1.29, 1.82) is 0 Å². The molecule has 5 heterocycles. The Morgan fingerprint density at radius 2 is 1.76 bits per heavy atom. The number of rotatable bonds is 5. The fourth-order valence-electron chi connectivity index (χ4n) is 7.63. The lowest BCUT2D eigenvalue weighted by atomic mass is 9.91. The van der Waals surface area contributed by atoms with E-state index in [1.165, 1.54) is 36.3 Å². The van der Waals surface area contributed by atoms with Gasteiger partial charge in [0.15, 0.2) is 11.6 Å². The second-order valence-electron chi connectivity index (χ2n) is 16.5. The molecule has 2 aliphatic rings. The van der Waals surface area contributed by atoms with Crippen LogP contribution in [0.5, 0.6) is 0 Å². The molecule has 1 saturated carbocycles. The van der Waals surface area contributed by atoms with Crippen LogP contribution in [0.2, 0.25) is 0 Å². The number of halogens is 2. The van der Waals surface area contributed by atoms with Crippen molar-refractivity contribution in [3.05, 3.63) is 58.1 Å². The van der Waals surface area contributed by atoms with Gasteiger partial charge in [-0.05, 0) is 66.9 Å². The Morgan fingerprint density at radius 1 is 1.05 bits per heavy atom. The van der Waals surface area contributed by atoms with E-state index in [1.54, 1.807) is 48.6 Å². The number of alkyl carbamates (subject to hydrolysis) is 1. The zero-order valence-corrected chi connectivity index (χ0v) is 31.9. The van der Waals surface area contributed by atoms with Crippen LogP contribution in [0.15, 0.2) is 35.5 Å². The number of fused-ring (bicyclic) bond motifs is 4. The molecule has 4 aromatic heterocycles. The smallest absolute Gasteiger partial charge is 0.414 e. The Kier molecular flexibility index (Phi) is 8.81. The number of hydrogen-bond donors (Lipinski definition) is 3. The molecule has 1 aliphatic heterocycles. The summed E-state index contributed by atoms with van der Waals surface area (Å²) in [5.74, 6) is -3.76. The molecular weight excluding hydrogens is 716 g/mol. The third kappa shape index (κ3) is 6.78. The molecule has 5 aromatic rings. The van der Waals surface area contributed by atoms with Gasteiger partial charge in [0.05, 0.1) is 33.1 Å². The van der Waals surface area contributed by atoms with Gasteiger partial charge in [0, 0.05) is 74.4 Å². The van der Waals surface area contributed by atoms with Crippen molar-refractivity contribution in [1.82, 2.24) is 24.8 Å². The first-order valence-electron chi connectivity index (χ1n) is 17.9. The van der Waals surface area contributed by atoms with Crippen LogP contribution in [0.4, 0.5) is 29.7 Å². The summed E-state index contributed by atoms with van der Waals surface area (Å²) in [5.41, 5.74) is -1.24. The molecule has 55 heavy (non-hydrogen) atoms. The molecule has 0 unspecified atom stereocenters. The molecule has 0 radical (unpaired) electrons. The number of piperidine rings is 1. The number of benzene rings is 1. The number of pyridine rings is 3. The molecule has 16 heteroatoms. The van der Waals surface area contributed by atoms with Gasteiger partial charge < -0.3 is 34.3 Å². The number of aromatic carboxylic acids is 1. The Balaban J connectivity index is 1.44. The molecule has 14 nitrogen and oxygen atoms in total. The van der Waals surface area contributed by atoms with E-state index in [1.807, 2.05) is 4.90 Å². The third-order valence-corrected chi connectivity index (χ3v) is 10.1. The minimum Gasteiger partial charge on any atom is -0.477 e. The topological polar surface area (TPSA) is 172 Å². The van der Waals surface area contributed by atoms with E-state index in [4.69, 9.17) is 9.47 Å². The van der Waals surface area contributed by atoms with Gasteiger partial charge >= 0.3 is 18.2 Å². The van der Waals surface area contributed by atoms with E-state index in [-0.39, 0.29) is 50.1 Å². The summed E-state index contributed by atoms with van der Waals surface area (Å²) in [6.45, 7) is 11.3. The standard InChI is InChI=1S/C39H43F2N7O7/c1-37(2,3)54-35(52)44-25-14-39(25)10-9-11-48(18-39)30-21(19-12-20-31(49)22(34(50)51)17-46(7)33(20)43-15-19)16-42-32-27(30)26-28(41)23(40)13-24(29(26)45-32)47(8)36(53)55-38(4,5)6/h12-13,15-17,25H,9-11,14,18H2,1-8H3,(H,42,45)(H,44,52)(H,50,51)/t25-,39-/m1/s1. The molecule has 2 fully saturated rings. The SMILES string of the molecule is CN(C(=O)OC(C)(C)C)c1cc(F)c(F)c2c1[nH]c1ncc(-c3cnc4c(c3)c(=O)c(C(=O)O)cn4C)c(N3CCC[C@@]4(C[C@H]4NC(=O)OC(C)(C)C)C3)c12. The number of aryl methyl sites for hydroxylation is 1. The minimum atomic E-state index is -1.39. The summed E-state index contributed by atoms with van der Waals surface area (Å²) in [6.07, 6.45) is 5.10. The number of hydrogen-bond acceptors (Lipinski definition) is 9. The predicted molar refractivity (Wildman–Crippen MR) is 203 cm³/mol. The van der Waals surface area contributed by atoms with Gasteiger partial charge in [-0.2, -0.15) is 0 Å². The van der Waals surface area contributed by atoms with Gasteiger partial charge in [-0.25, -0.2) is 33.1 Å². The zero-order chi connectivity index (χ0) is 39.9. The predicted octanol–water partition coefficient (Wildman–Crippen LogP) is 6.86. The van der Waals surface area contributed by atoms with Crippen LogP contribution in [-0.4, -0.2) is 80.2 Å². The number of carbonyl (C=O) groups excluding carboxylic acids is 2. The largest absolute Gasteiger partial charge is 0.477 e. The van der Waals surface area contributed by atoms with Gasteiger partial charge in [-0.3, -0.25) is 9.69 Å². The van der Waals surface area contributed by atoms with Crippen LogP contribution in [0.1, 0.15) is 71.2 Å². The molecule has 3 N–H and O–H groups in total. The van der Waals surface area contributed by atoms with E-state index < -0.39 is 52.0 Å². The van der Waals surface area contributed by atoms with Crippen molar-refractivity contribution >= 4 is 62.5 Å². The monoisotopic (exact) mass is 759 g/mol. The summed E-state index contributed by atoms with van der Waals surface area (Å²) < 4.78 is 44.6. The maximum atomic E-state index is 16.3. The normalized spacial score (nSPS) is 18.6. The Morgan fingerprint density at radius 3 is 2.44 bits per heavy atom. The second kappa shape index (κ2) is 12.9. The first-order valence-corrected chi connectivity index (χ1v) is 17.9. The van der Waals surface area contributed by atoms with E-state index in [9.17, 15) is 24.3 Å². The minimum absolute atomic E-state index is 0.0182. The van der Waals surface area contributed by atoms with Crippen LogP contribution in [0.3, 0.4) is 0 Å². The summed E-state index contributed by atoms with van der Waals surface area (Å²) >= 11 is 0. The number of anilines is 2. The average molecular weight is 760 g/mol. The summed E-state index contributed by atoms with van der Waals surface area (Å²) in [4.78, 5) is 66.8. The van der Waals surface area contributed by atoms with Gasteiger partial charge in [-0.15, -0.1) is 0 Å². The molecular formula is C39H43F2N7O7. The number of aromatic nitrogens is 4. The first kappa shape index (κ1) is 37.5. The second-order valence-corrected chi connectivity index (χ2v) is 16.5. The Hall–Kier alpha value is -5.80. The molecule has 1 saturated heterocycles. The highest BCUT2D eigenvalue weighted by molar-refractivity contribution is 6.19. The molecule has 2 atom stereocenters. The van der Waals surface area contributed by atoms with E-state index in [2.05, 4.69) is 20.3 Å². The molecule has 7 rings (SSSR count). The molecule has 2 amide bonds. The zero-order valence-electron chi connectivity index (χ0n) is 31.9. The fraction of sp³-hybridized carbons (Fsp3) is 0.436. The highest BCUT2D eigenvalue weighted by Crippen LogP contribution is 2.55. The number of nitrogens with zero attached hydrogens (tertiary/aromatic N) is 5. The van der Waals surface area contributed by atoms with Gasteiger partial charge in [0.25, 0.3) is 0 Å². The van der Waals surface area contributed by atoms with Crippen molar-refractivity contribution in [3.8, 4) is 11.1 Å². The third-order valence-electron chi connectivity index (χ3n) is 10.1. The molecule has 1 aliphatic carbocycles. The van der Waals surface area contributed by atoms with Crippen LogP contribution >= 0.6 is 0 Å². The summed E-state index contributed by atoms with van der Waals surface area (Å²) in [5, 5.41) is 12.9. The van der Waals surface area contributed by atoms with E-state index in [0.717, 1.165) is 17.4 Å². The molecule has 0 bridgehead atoms. The van der Waals surface area contributed by atoms with Crippen molar-refractivity contribution < 1.29 is 37.7 Å². The van der Waals surface area contributed by atoms with Crippen molar-refractivity contribution in [2.24, 2.45) is 12.5 Å². The molecule has 1 aromatic carbocycles. The van der Waals surface area contributed by atoms with Crippen LogP contribution in [0.25, 0.3) is 44.1 Å². The van der Waals surface area contributed by atoms with Crippen LogP contribution < -0.4 is 20.5 Å². The number of H-pyrrole nitrogens is 1. The fourth-order valence-corrected chi connectivity index (χ4v) is 7.63. The van der Waals surface area contributed by atoms with Gasteiger partial charge in [0.1, 0.15) is 28.1 Å². The maximum absolute atomic E-state index is 16.3. The number of carboxylic acid groups (broad SMARTS) is 1. The average Bonchev–Trinajstić information content (AvgIpc) is 3.55. The van der Waals surface area contributed by atoms with Gasteiger partial charge in [0.2, 0.25) is 5.43 Å². The summed E-state index contributed by atoms with van der Waals surface area (Å²) in [7, 11) is 2.98. The Labute approximate surface area is 314 Å². The quantitative estimate of drug-likeness (QED) is 0.172. The number of amides is 2. The molecule has 290 valence electrons. The highest BCUT2D eigenvalue weighted by Gasteiger charge is 2.57. The van der Waals surface area contributed by atoms with Crippen LogP contribution in [-0.2, 0) is 16.5 Å². The first-order chi connectivity index (χ1) is 25.7. The van der Waals surface area contributed by atoms with Crippen molar-refractivity contribution in [2.45, 2.75) is 78.0 Å². The number of nitrogens with one attached hydrogen (secondary N) is 2. The van der Waals surface area contributed by atoms with E-state index in [0.29, 0.717) is 42.7 Å². The molecule has 1 spiro atoms. The number of ether oxygens (including phenoxy) is 2.